The lowest BCUT2D eigenvalue weighted by molar-refractivity contribution is 0.861. The molecule has 2 rings (SSSR count). The Bertz CT molecular complexity index is 443. The molecule has 0 spiro atoms. The number of nitrogens with two attached hydrogens (primary N) is 1. The standard InChI is InChI=1S/C11H15N3/c1-7(2)8-3-11-10(13-6-8)4-9(5-12)14-11/h3-4,6-7,14H,5,12H2,1-2H3. The molecule has 0 saturated carbocycles. The molecule has 0 aliphatic carbocycles. The number of nitrogens with one attached hydrogen (secondary N) is 1. The number of hydrogen-bond donors (Lipinski definition) is 2. The molecule has 3 nitrogen and oxygen atoms in total. The Hall–Kier alpha value is -1.35. The minimum atomic E-state index is 0.511. The van der Waals surface area contributed by atoms with Crippen LogP contribution in [0.5, 0.6) is 0 Å². The molecule has 2 aromatic heterocycles. The first kappa shape index (κ1) is 9.21. The normalized spacial score (nSPS) is 11.4. The van der Waals surface area contributed by atoms with Crippen LogP contribution < -0.4 is 5.73 Å². The first-order valence-electron chi connectivity index (χ1n) is 4.88. The van der Waals surface area contributed by atoms with Crippen LogP contribution in [-0.4, -0.2) is 9.97 Å². The quantitative estimate of drug-likeness (QED) is 0.760. The summed E-state index contributed by atoms with van der Waals surface area (Å²) in [7, 11) is 0. The van der Waals surface area contributed by atoms with E-state index in [1.54, 1.807) is 0 Å². The van der Waals surface area contributed by atoms with E-state index in [0.29, 0.717) is 12.5 Å². The molecule has 0 unspecified atom stereocenters. The van der Waals surface area contributed by atoms with Crippen molar-refractivity contribution in [3.05, 3.63) is 29.6 Å². The van der Waals surface area contributed by atoms with Crippen LogP contribution in [0.1, 0.15) is 31.0 Å². The maximum absolute atomic E-state index is 5.55. The van der Waals surface area contributed by atoms with E-state index in [2.05, 4.69) is 29.9 Å². The molecular weight excluding hydrogens is 174 g/mol. The Morgan fingerprint density at radius 1 is 1.43 bits per heavy atom. The van der Waals surface area contributed by atoms with Crippen LogP contribution >= 0.6 is 0 Å². The van der Waals surface area contributed by atoms with E-state index >= 15 is 0 Å². The van der Waals surface area contributed by atoms with Gasteiger partial charge in [-0.3, -0.25) is 4.98 Å². The summed E-state index contributed by atoms with van der Waals surface area (Å²) in [5.74, 6) is 0.511. The highest BCUT2D eigenvalue weighted by Gasteiger charge is 2.04. The number of fused-ring (bicyclic) bond motifs is 1. The van der Waals surface area contributed by atoms with E-state index in [1.165, 1.54) is 5.56 Å². The molecule has 2 heterocycles. The first-order valence-corrected chi connectivity index (χ1v) is 4.88. The van der Waals surface area contributed by atoms with Crippen molar-refractivity contribution in [2.75, 3.05) is 0 Å². The van der Waals surface area contributed by atoms with Gasteiger partial charge in [0.15, 0.2) is 0 Å². The number of aromatic nitrogens is 2. The molecule has 0 aromatic carbocycles. The van der Waals surface area contributed by atoms with Crippen LogP contribution in [0.25, 0.3) is 11.0 Å². The second kappa shape index (κ2) is 3.42. The maximum Gasteiger partial charge on any atom is 0.0882 e. The SMILES string of the molecule is CC(C)c1cnc2cc(CN)[nH]c2c1. The van der Waals surface area contributed by atoms with Gasteiger partial charge in [-0.25, -0.2) is 0 Å². The third-order valence-electron chi connectivity index (χ3n) is 2.43. The smallest absolute Gasteiger partial charge is 0.0882 e. The average Bonchev–Trinajstić information content (AvgIpc) is 2.58. The third kappa shape index (κ3) is 1.51. The topological polar surface area (TPSA) is 54.7 Å². The monoisotopic (exact) mass is 189 g/mol. The van der Waals surface area contributed by atoms with E-state index in [9.17, 15) is 0 Å². The fraction of sp³-hybridized carbons (Fsp3) is 0.364. The summed E-state index contributed by atoms with van der Waals surface area (Å²) < 4.78 is 0. The molecule has 3 heteroatoms. The van der Waals surface area contributed by atoms with E-state index in [4.69, 9.17) is 5.73 Å². The molecule has 0 aliphatic rings. The summed E-state index contributed by atoms with van der Waals surface area (Å²) in [4.78, 5) is 7.64. The van der Waals surface area contributed by atoms with Gasteiger partial charge in [0.2, 0.25) is 0 Å². The number of aromatic amines is 1. The van der Waals surface area contributed by atoms with Crippen molar-refractivity contribution >= 4 is 11.0 Å². The molecule has 0 radical (unpaired) electrons. The molecule has 0 fully saturated rings. The number of pyridine rings is 1. The van der Waals surface area contributed by atoms with Crippen LogP contribution in [0, 0.1) is 0 Å². The van der Waals surface area contributed by atoms with Gasteiger partial charge in [-0.05, 0) is 23.6 Å². The number of rotatable bonds is 2. The third-order valence-corrected chi connectivity index (χ3v) is 2.43. The Kier molecular flexibility index (Phi) is 2.25. The first-order chi connectivity index (χ1) is 6.70. The highest BCUT2D eigenvalue weighted by atomic mass is 14.8. The maximum atomic E-state index is 5.55. The zero-order valence-electron chi connectivity index (χ0n) is 8.54. The minimum absolute atomic E-state index is 0.511. The lowest BCUT2D eigenvalue weighted by Crippen LogP contribution is -1.95. The van der Waals surface area contributed by atoms with Crippen molar-refractivity contribution in [1.29, 1.82) is 0 Å². The van der Waals surface area contributed by atoms with Gasteiger partial charge in [0, 0.05) is 18.4 Å². The highest BCUT2D eigenvalue weighted by molar-refractivity contribution is 5.76. The molecule has 3 N–H and O–H groups in total. The highest BCUT2D eigenvalue weighted by Crippen LogP contribution is 2.19. The molecular formula is C11H15N3. The second-order valence-corrected chi connectivity index (χ2v) is 3.85. The van der Waals surface area contributed by atoms with Crippen LogP contribution in [0.3, 0.4) is 0 Å². The van der Waals surface area contributed by atoms with E-state index < -0.39 is 0 Å². The largest absolute Gasteiger partial charge is 0.356 e. The summed E-state index contributed by atoms with van der Waals surface area (Å²) in [5, 5.41) is 0. The molecule has 0 bridgehead atoms. The predicted octanol–water partition coefficient (Wildman–Crippen LogP) is 2.15. The molecule has 14 heavy (non-hydrogen) atoms. The molecule has 74 valence electrons. The molecule has 0 amide bonds. The van der Waals surface area contributed by atoms with E-state index in [0.717, 1.165) is 16.7 Å². The van der Waals surface area contributed by atoms with E-state index in [-0.39, 0.29) is 0 Å². The van der Waals surface area contributed by atoms with Gasteiger partial charge < -0.3 is 10.7 Å². The van der Waals surface area contributed by atoms with Crippen molar-refractivity contribution in [3.63, 3.8) is 0 Å². The Morgan fingerprint density at radius 3 is 2.86 bits per heavy atom. The second-order valence-electron chi connectivity index (χ2n) is 3.85. The lowest BCUT2D eigenvalue weighted by atomic mass is 10.1. The van der Waals surface area contributed by atoms with Crippen molar-refractivity contribution in [1.82, 2.24) is 9.97 Å². The Labute approximate surface area is 83.3 Å². The van der Waals surface area contributed by atoms with Gasteiger partial charge in [-0.15, -0.1) is 0 Å². The van der Waals surface area contributed by atoms with Crippen LogP contribution in [0.2, 0.25) is 0 Å². The number of hydrogen-bond acceptors (Lipinski definition) is 2. The van der Waals surface area contributed by atoms with Crippen LogP contribution in [0.4, 0.5) is 0 Å². The summed E-state index contributed by atoms with van der Waals surface area (Å²) in [6.07, 6.45) is 1.93. The van der Waals surface area contributed by atoms with Gasteiger partial charge in [0.25, 0.3) is 0 Å². The summed E-state index contributed by atoms with van der Waals surface area (Å²) in [6.45, 7) is 4.86. The lowest BCUT2D eigenvalue weighted by Gasteiger charge is -2.03. The van der Waals surface area contributed by atoms with Crippen molar-refractivity contribution in [2.45, 2.75) is 26.3 Å². The Balaban J connectivity index is 2.54. The van der Waals surface area contributed by atoms with Gasteiger partial charge in [0.1, 0.15) is 0 Å². The fourth-order valence-corrected chi connectivity index (χ4v) is 1.51. The van der Waals surface area contributed by atoms with Crippen molar-refractivity contribution in [3.8, 4) is 0 Å². The van der Waals surface area contributed by atoms with E-state index in [1.807, 2.05) is 12.3 Å². The molecule has 0 atom stereocenters. The van der Waals surface area contributed by atoms with Crippen molar-refractivity contribution in [2.24, 2.45) is 5.73 Å². The van der Waals surface area contributed by atoms with Crippen LogP contribution in [0.15, 0.2) is 18.3 Å². The molecule has 0 aliphatic heterocycles. The van der Waals surface area contributed by atoms with Crippen LogP contribution in [-0.2, 0) is 6.54 Å². The van der Waals surface area contributed by atoms with Gasteiger partial charge in [0.05, 0.1) is 11.0 Å². The average molecular weight is 189 g/mol. The molecule has 0 saturated heterocycles. The summed E-state index contributed by atoms with van der Waals surface area (Å²) in [5.41, 5.74) is 9.92. The van der Waals surface area contributed by atoms with Crippen molar-refractivity contribution < 1.29 is 0 Å². The predicted molar refractivity (Wildman–Crippen MR) is 58.1 cm³/mol. The zero-order valence-corrected chi connectivity index (χ0v) is 8.54. The minimum Gasteiger partial charge on any atom is -0.356 e. The Morgan fingerprint density at radius 2 is 2.21 bits per heavy atom. The summed E-state index contributed by atoms with van der Waals surface area (Å²) >= 11 is 0. The van der Waals surface area contributed by atoms with Gasteiger partial charge in [-0.1, -0.05) is 13.8 Å². The van der Waals surface area contributed by atoms with Gasteiger partial charge in [-0.2, -0.15) is 0 Å². The number of H-pyrrole nitrogens is 1. The summed E-state index contributed by atoms with van der Waals surface area (Å²) in [6, 6.07) is 4.14. The molecule has 2 aromatic rings. The fourth-order valence-electron chi connectivity index (χ4n) is 1.51. The zero-order chi connectivity index (χ0) is 10.1. The van der Waals surface area contributed by atoms with Gasteiger partial charge >= 0.3 is 0 Å². The number of nitrogens with zero attached hydrogens (tertiary/aromatic N) is 1.